The minimum atomic E-state index is -0.189. The van der Waals surface area contributed by atoms with Gasteiger partial charge in [0.25, 0.3) is 11.1 Å². The molecule has 0 atom stereocenters. The van der Waals surface area contributed by atoms with Crippen LogP contribution in [0.3, 0.4) is 0 Å². The van der Waals surface area contributed by atoms with Gasteiger partial charge in [-0.15, -0.1) is 0 Å². The van der Waals surface area contributed by atoms with Crippen molar-refractivity contribution in [1.82, 2.24) is 49.5 Å². The van der Waals surface area contributed by atoms with Gasteiger partial charge in [-0.1, -0.05) is 24.3 Å². The highest BCUT2D eigenvalue weighted by atomic mass is 16.5. The van der Waals surface area contributed by atoms with Crippen molar-refractivity contribution < 1.29 is 9.47 Å². The molecule has 0 saturated carbocycles. The zero-order valence-corrected chi connectivity index (χ0v) is 32.8. The topological polar surface area (TPSA) is 195 Å². The molecule has 60 heavy (non-hydrogen) atoms. The van der Waals surface area contributed by atoms with E-state index in [0.29, 0.717) is 55.8 Å². The minimum Gasteiger partial charge on any atom is -0.497 e. The van der Waals surface area contributed by atoms with E-state index in [1.807, 2.05) is 111 Å². The number of anilines is 4. The van der Waals surface area contributed by atoms with E-state index in [1.54, 1.807) is 35.7 Å². The number of benzene rings is 4. The molecule has 0 radical (unpaired) electrons. The quantitative estimate of drug-likeness (QED) is 0.119. The maximum absolute atomic E-state index is 13.3. The first-order valence-corrected chi connectivity index (χ1v) is 18.7. The molecule has 0 spiro atoms. The third-order valence-electron chi connectivity index (χ3n) is 9.86. The van der Waals surface area contributed by atoms with Crippen LogP contribution in [0.25, 0.3) is 55.2 Å². The molecular weight excluding hydrogens is 761 g/mol. The van der Waals surface area contributed by atoms with Gasteiger partial charge in [0.15, 0.2) is 11.3 Å². The summed E-state index contributed by atoms with van der Waals surface area (Å²) in [5.41, 5.74) is 7.04. The number of aromatic amines is 2. The molecule has 0 aliphatic rings. The lowest BCUT2D eigenvalue weighted by Crippen LogP contribution is -2.20. The van der Waals surface area contributed by atoms with Crippen LogP contribution >= 0.6 is 0 Å². The van der Waals surface area contributed by atoms with Gasteiger partial charge >= 0.3 is 0 Å². The number of ether oxygens (including phenoxy) is 2. The lowest BCUT2D eigenvalue weighted by molar-refractivity contribution is 0.415. The molecule has 6 heterocycles. The molecule has 10 aromatic rings. The van der Waals surface area contributed by atoms with E-state index >= 15 is 0 Å². The average Bonchev–Trinajstić information content (AvgIpc) is 3.97. The lowest BCUT2D eigenvalue weighted by Gasteiger charge is -2.12. The molecule has 16 heteroatoms. The number of rotatable bonds is 8. The van der Waals surface area contributed by atoms with Crippen LogP contribution in [0.2, 0.25) is 0 Å². The second-order valence-corrected chi connectivity index (χ2v) is 13.8. The second-order valence-electron chi connectivity index (χ2n) is 13.8. The summed E-state index contributed by atoms with van der Waals surface area (Å²) in [5.74, 6) is 2.28. The molecule has 0 fully saturated rings. The second kappa shape index (κ2) is 15.5. The number of aryl methyl sites for hydroxylation is 2. The molecule has 0 bridgehead atoms. The van der Waals surface area contributed by atoms with Crippen LogP contribution in [-0.2, 0) is 0 Å². The van der Waals surface area contributed by atoms with Crippen molar-refractivity contribution in [2.75, 3.05) is 24.9 Å². The van der Waals surface area contributed by atoms with Crippen molar-refractivity contribution in [3.8, 4) is 22.9 Å². The number of hydrogen-bond donors (Lipinski definition) is 4. The SMILES string of the molecule is COc1ccc(Nc2ncc3c4[nH]ncc4c(=O)n(-c4cccc(C)c4)c3n2)cc1.COc1ccc(Nc2ncc3c4[nH]ncc4c(=O)n(-c4cccc(C)c4)c3n2)cc1. The van der Waals surface area contributed by atoms with Gasteiger partial charge in [0, 0.05) is 23.8 Å². The molecule has 4 aromatic carbocycles. The Morgan fingerprint density at radius 1 is 0.533 bits per heavy atom. The number of nitrogens with zero attached hydrogens (tertiary/aromatic N) is 8. The Morgan fingerprint density at radius 3 is 1.33 bits per heavy atom. The zero-order valence-electron chi connectivity index (χ0n) is 32.8. The molecule has 10 rings (SSSR count). The van der Waals surface area contributed by atoms with E-state index in [0.717, 1.165) is 45.4 Å². The van der Waals surface area contributed by atoms with Crippen LogP contribution < -0.4 is 31.2 Å². The first-order valence-electron chi connectivity index (χ1n) is 18.7. The Balaban J connectivity index is 0.000000154. The number of H-pyrrole nitrogens is 2. The highest BCUT2D eigenvalue weighted by molar-refractivity contribution is 6.03. The summed E-state index contributed by atoms with van der Waals surface area (Å²) in [6.07, 6.45) is 6.46. The number of aromatic nitrogens is 10. The van der Waals surface area contributed by atoms with E-state index in [9.17, 15) is 9.59 Å². The molecular formula is C44H36N12O4. The van der Waals surface area contributed by atoms with Crippen LogP contribution in [0, 0.1) is 13.8 Å². The number of hydrogen-bond acceptors (Lipinski definition) is 12. The fourth-order valence-corrected chi connectivity index (χ4v) is 6.92. The number of nitrogens with one attached hydrogen (secondary N) is 4. The van der Waals surface area contributed by atoms with Gasteiger partial charge in [0.2, 0.25) is 11.9 Å². The first kappa shape index (κ1) is 37.2. The molecule has 0 aliphatic carbocycles. The van der Waals surface area contributed by atoms with Gasteiger partial charge in [-0.25, -0.2) is 9.97 Å². The third-order valence-corrected chi connectivity index (χ3v) is 9.86. The summed E-state index contributed by atoms with van der Waals surface area (Å²) in [6.45, 7) is 3.97. The largest absolute Gasteiger partial charge is 0.497 e. The Kier molecular flexibility index (Phi) is 9.61. The van der Waals surface area contributed by atoms with Gasteiger partial charge in [0.05, 0.1) is 70.6 Å². The molecule has 0 unspecified atom stereocenters. The van der Waals surface area contributed by atoms with Crippen molar-refractivity contribution in [2.45, 2.75) is 13.8 Å². The summed E-state index contributed by atoms with van der Waals surface area (Å²) >= 11 is 0. The van der Waals surface area contributed by atoms with E-state index in [2.05, 4.69) is 51.0 Å². The molecule has 296 valence electrons. The summed E-state index contributed by atoms with van der Waals surface area (Å²) in [4.78, 5) is 44.7. The van der Waals surface area contributed by atoms with E-state index in [-0.39, 0.29) is 11.1 Å². The van der Waals surface area contributed by atoms with Gasteiger partial charge in [-0.2, -0.15) is 20.2 Å². The van der Waals surface area contributed by atoms with Gasteiger partial charge in [0.1, 0.15) is 11.5 Å². The van der Waals surface area contributed by atoms with Crippen LogP contribution in [0.5, 0.6) is 11.5 Å². The minimum absolute atomic E-state index is 0.189. The van der Waals surface area contributed by atoms with Crippen molar-refractivity contribution in [3.63, 3.8) is 0 Å². The number of fused-ring (bicyclic) bond motifs is 6. The van der Waals surface area contributed by atoms with Crippen LogP contribution in [0.15, 0.2) is 131 Å². The lowest BCUT2D eigenvalue weighted by atomic mass is 10.2. The van der Waals surface area contributed by atoms with Gasteiger partial charge < -0.3 is 20.1 Å². The summed E-state index contributed by atoms with van der Waals surface area (Å²) in [6, 6.07) is 30.4. The average molecular weight is 797 g/mol. The van der Waals surface area contributed by atoms with E-state index < -0.39 is 0 Å². The van der Waals surface area contributed by atoms with Gasteiger partial charge in [-0.05, 0) is 97.8 Å². The number of methoxy groups -OCH3 is 2. The first-order chi connectivity index (χ1) is 29.3. The van der Waals surface area contributed by atoms with Crippen LogP contribution in [0.4, 0.5) is 23.3 Å². The van der Waals surface area contributed by atoms with Gasteiger partial charge in [-0.3, -0.25) is 28.9 Å². The monoisotopic (exact) mass is 796 g/mol. The highest BCUT2D eigenvalue weighted by Crippen LogP contribution is 2.27. The Bertz CT molecular complexity index is 3100. The van der Waals surface area contributed by atoms with Crippen molar-refractivity contribution in [1.29, 1.82) is 0 Å². The van der Waals surface area contributed by atoms with Crippen molar-refractivity contribution in [3.05, 3.63) is 154 Å². The Hall–Kier alpha value is -8.40. The predicted molar refractivity (Wildman–Crippen MR) is 232 cm³/mol. The molecule has 4 N–H and O–H groups in total. The molecule has 0 aliphatic heterocycles. The number of pyridine rings is 2. The zero-order chi connectivity index (χ0) is 41.3. The summed E-state index contributed by atoms with van der Waals surface area (Å²) < 4.78 is 13.6. The van der Waals surface area contributed by atoms with Crippen LogP contribution in [0.1, 0.15) is 11.1 Å². The maximum atomic E-state index is 13.3. The van der Waals surface area contributed by atoms with Crippen molar-refractivity contribution >= 4 is 67.1 Å². The van der Waals surface area contributed by atoms with E-state index in [4.69, 9.17) is 9.47 Å². The predicted octanol–water partition coefficient (Wildman–Crippen LogP) is 7.44. The van der Waals surface area contributed by atoms with E-state index in [1.165, 1.54) is 12.4 Å². The normalized spacial score (nSPS) is 11.1. The maximum Gasteiger partial charge on any atom is 0.267 e. The standard InChI is InChI=1S/2C22H18N6O2/c2*1-13-4-3-5-15(10-13)28-20-17(19-18(21(28)29)12-24-27-19)11-23-22(26-20)25-14-6-8-16(30-2)9-7-14/h2*3-12H,1-2H3,(H,24,27)(H,23,25,26). The molecule has 0 saturated heterocycles. The Labute approximate surface area is 340 Å². The fourth-order valence-electron chi connectivity index (χ4n) is 6.92. The Morgan fingerprint density at radius 2 is 0.950 bits per heavy atom. The fraction of sp³-hybridized carbons (Fsp3) is 0.0909. The molecule has 6 aromatic heterocycles. The third kappa shape index (κ3) is 6.97. The smallest absolute Gasteiger partial charge is 0.267 e. The summed E-state index contributed by atoms with van der Waals surface area (Å²) in [5, 5.41) is 22.7. The summed E-state index contributed by atoms with van der Waals surface area (Å²) in [7, 11) is 3.24. The van der Waals surface area contributed by atoms with Crippen molar-refractivity contribution in [2.24, 2.45) is 0 Å². The van der Waals surface area contributed by atoms with Crippen LogP contribution in [-0.4, -0.2) is 63.7 Å². The molecule has 16 nitrogen and oxygen atoms in total. The highest BCUT2D eigenvalue weighted by Gasteiger charge is 2.18. The molecule has 0 amide bonds.